The van der Waals surface area contributed by atoms with E-state index >= 15 is 0 Å². The summed E-state index contributed by atoms with van der Waals surface area (Å²) in [5.74, 6) is 0. The van der Waals surface area contributed by atoms with Crippen molar-refractivity contribution in [1.29, 1.82) is 0 Å². The molecule has 0 bridgehead atoms. The molecule has 0 radical (unpaired) electrons. The number of hydrogen-bond donors (Lipinski definition) is 0. The SMILES string of the molecule is O=S(=O)(c1cccc2ccccc12)S(=O)(=O)c1cccc2ccccc12. The maximum Gasteiger partial charge on any atom is 0.287 e. The van der Waals surface area contributed by atoms with Crippen molar-refractivity contribution in [2.45, 2.75) is 9.79 Å². The standard InChI is InChI=1S/C20H14O4S2/c21-25(22,19-13-5-9-15-7-1-3-11-17(15)19)26(23,24)20-14-6-10-16-8-2-4-12-18(16)20/h1-14H. The topological polar surface area (TPSA) is 68.3 Å². The molecule has 4 aromatic carbocycles. The second kappa shape index (κ2) is 5.93. The van der Waals surface area contributed by atoms with Crippen LogP contribution in [0, 0.1) is 0 Å². The fourth-order valence-corrected chi connectivity index (χ4v) is 7.23. The average Bonchev–Trinajstić information content (AvgIpc) is 2.66. The van der Waals surface area contributed by atoms with Crippen LogP contribution < -0.4 is 0 Å². The van der Waals surface area contributed by atoms with Gasteiger partial charge in [0.15, 0.2) is 0 Å². The van der Waals surface area contributed by atoms with Crippen molar-refractivity contribution in [2.75, 3.05) is 0 Å². The Bertz CT molecular complexity index is 1240. The summed E-state index contributed by atoms with van der Waals surface area (Å²) in [4.78, 5) is -0.410. The van der Waals surface area contributed by atoms with Gasteiger partial charge in [0, 0.05) is 10.8 Å². The Hall–Kier alpha value is -2.70. The highest BCUT2D eigenvalue weighted by molar-refractivity contribution is 8.67. The van der Waals surface area contributed by atoms with Gasteiger partial charge >= 0.3 is 0 Å². The van der Waals surface area contributed by atoms with E-state index in [1.807, 2.05) is 0 Å². The van der Waals surface area contributed by atoms with Crippen molar-refractivity contribution in [3.8, 4) is 0 Å². The molecule has 0 saturated carbocycles. The van der Waals surface area contributed by atoms with Gasteiger partial charge in [-0.25, -0.2) is 16.8 Å². The zero-order valence-electron chi connectivity index (χ0n) is 13.5. The van der Waals surface area contributed by atoms with Gasteiger partial charge in [-0.2, -0.15) is 0 Å². The van der Waals surface area contributed by atoms with Gasteiger partial charge in [-0.05, 0) is 22.9 Å². The fraction of sp³-hybridized carbons (Fsp3) is 0. The molecule has 0 aliphatic heterocycles. The molecule has 0 fully saturated rings. The van der Waals surface area contributed by atoms with Crippen LogP contribution in [-0.4, -0.2) is 16.8 Å². The van der Waals surface area contributed by atoms with Gasteiger partial charge in [0.2, 0.25) is 0 Å². The quantitative estimate of drug-likeness (QED) is 0.499. The van der Waals surface area contributed by atoms with Crippen LogP contribution in [0.5, 0.6) is 0 Å². The monoisotopic (exact) mass is 382 g/mol. The Balaban J connectivity index is 2.03. The lowest BCUT2D eigenvalue weighted by Crippen LogP contribution is -2.17. The van der Waals surface area contributed by atoms with Crippen LogP contribution in [0.15, 0.2) is 94.7 Å². The molecular formula is C20H14O4S2. The van der Waals surface area contributed by atoms with Crippen molar-refractivity contribution in [2.24, 2.45) is 0 Å². The van der Waals surface area contributed by atoms with E-state index in [1.165, 1.54) is 12.1 Å². The van der Waals surface area contributed by atoms with E-state index in [9.17, 15) is 16.8 Å². The molecule has 26 heavy (non-hydrogen) atoms. The van der Waals surface area contributed by atoms with Gasteiger partial charge < -0.3 is 0 Å². The molecule has 0 N–H and O–H groups in total. The van der Waals surface area contributed by atoms with Crippen LogP contribution in [0.4, 0.5) is 0 Å². The first kappa shape index (κ1) is 16.8. The number of benzene rings is 4. The molecule has 4 rings (SSSR count). The summed E-state index contributed by atoms with van der Waals surface area (Å²) in [5.41, 5.74) is 0. The van der Waals surface area contributed by atoms with Gasteiger partial charge in [-0.3, -0.25) is 0 Å². The van der Waals surface area contributed by atoms with Gasteiger partial charge in [-0.1, -0.05) is 72.8 Å². The summed E-state index contributed by atoms with van der Waals surface area (Å²) < 4.78 is 52.5. The minimum Gasteiger partial charge on any atom is -0.207 e. The van der Waals surface area contributed by atoms with Crippen molar-refractivity contribution < 1.29 is 16.8 Å². The number of hydrogen-bond acceptors (Lipinski definition) is 4. The van der Waals surface area contributed by atoms with E-state index in [4.69, 9.17) is 0 Å². The smallest absolute Gasteiger partial charge is 0.207 e. The second-order valence-corrected chi connectivity index (χ2v) is 11.2. The van der Waals surface area contributed by atoms with Crippen LogP contribution in [0.1, 0.15) is 0 Å². The molecule has 0 aliphatic rings. The normalized spacial score (nSPS) is 12.5. The zero-order chi connectivity index (χ0) is 18.4. The summed E-state index contributed by atoms with van der Waals surface area (Å²) >= 11 is 0. The van der Waals surface area contributed by atoms with E-state index in [1.54, 1.807) is 72.8 Å². The maximum atomic E-state index is 13.1. The summed E-state index contributed by atoms with van der Waals surface area (Å²) in [6.45, 7) is 0. The van der Waals surface area contributed by atoms with Crippen LogP contribution in [-0.2, 0) is 17.7 Å². The lowest BCUT2D eigenvalue weighted by molar-refractivity contribution is 0.583. The first-order valence-electron chi connectivity index (χ1n) is 7.88. The predicted molar refractivity (Wildman–Crippen MR) is 102 cm³/mol. The lowest BCUT2D eigenvalue weighted by Gasteiger charge is -2.11. The minimum atomic E-state index is -4.64. The van der Waals surface area contributed by atoms with E-state index in [0.717, 1.165) is 0 Å². The van der Waals surface area contributed by atoms with Crippen molar-refractivity contribution in [1.82, 2.24) is 0 Å². The minimum absolute atomic E-state index is 0.205. The fourth-order valence-electron chi connectivity index (χ4n) is 3.06. The Morgan fingerprint density at radius 3 is 1.19 bits per heavy atom. The predicted octanol–water partition coefficient (Wildman–Crippen LogP) is 4.16. The van der Waals surface area contributed by atoms with Crippen LogP contribution in [0.3, 0.4) is 0 Å². The molecule has 0 heterocycles. The molecule has 0 spiro atoms. The Morgan fingerprint density at radius 1 is 0.423 bits per heavy atom. The van der Waals surface area contributed by atoms with Crippen LogP contribution in [0.2, 0.25) is 0 Å². The first-order valence-corrected chi connectivity index (χ1v) is 11.4. The highest BCUT2D eigenvalue weighted by atomic mass is 33.2. The molecule has 6 heteroatoms. The largest absolute Gasteiger partial charge is 0.287 e. The molecule has 0 saturated heterocycles. The summed E-state index contributed by atoms with van der Waals surface area (Å²) in [7, 11) is -9.27. The molecule has 130 valence electrons. The highest BCUT2D eigenvalue weighted by Gasteiger charge is 2.36. The van der Waals surface area contributed by atoms with Gasteiger partial charge in [0.05, 0.1) is 9.79 Å². The Morgan fingerprint density at radius 2 is 0.769 bits per heavy atom. The molecule has 0 aromatic heterocycles. The van der Waals surface area contributed by atoms with Gasteiger partial charge in [-0.15, -0.1) is 0 Å². The van der Waals surface area contributed by atoms with E-state index in [2.05, 4.69) is 0 Å². The molecule has 4 aromatic rings. The van der Waals surface area contributed by atoms with Crippen molar-refractivity contribution in [3.05, 3.63) is 84.9 Å². The van der Waals surface area contributed by atoms with Crippen molar-refractivity contribution >= 4 is 39.3 Å². The molecule has 0 unspecified atom stereocenters. The van der Waals surface area contributed by atoms with E-state index < -0.39 is 17.7 Å². The Kier molecular flexibility index (Phi) is 3.82. The second-order valence-electron chi connectivity index (χ2n) is 5.86. The average molecular weight is 382 g/mol. The number of rotatable bonds is 3. The van der Waals surface area contributed by atoms with E-state index in [0.29, 0.717) is 21.5 Å². The van der Waals surface area contributed by atoms with E-state index in [-0.39, 0.29) is 9.79 Å². The third kappa shape index (κ3) is 2.41. The van der Waals surface area contributed by atoms with Crippen LogP contribution >= 0.6 is 0 Å². The van der Waals surface area contributed by atoms with Gasteiger partial charge in [0.1, 0.15) is 0 Å². The third-order valence-electron chi connectivity index (χ3n) is 4.33. The maximum absolute atomic E-state index is 13.1. The molecule has 0 atom stereocenters. The van der Waals surface area contributed by atoms with Crippen LogP contribution in [0.25, 0.3) is 21.5 Å². The highest BCUT2D eigenvalue weighted by Crippen LogP contribution is 2.33. The molecule has 0 aliphatic carbocycles. The first-order chi connectivity index (χ1) is 12.4. The molecule has 0 amide bonds. The number of fused-ring (bicyclic) bond motifs is 2. The zero-order valence-corrected chi connectivity index (χ0v) is 15.2. The van der Waals surface area contributed by atoms with Crippen molar-refractivity contribution in [3.63, 3.8) is 0 Å². The summed E-state index contributed by atoms with van der Waals surface area (Å²) in [6, 6.07) is 22.9. The molecule has 4 nitrogen and oxygen atoms in total. The summed E-state index contributed by atoms with van der Waals surface area (Å²) in [6.07, 6.45) is 0. The third-order valence-corrected chi connectivity index (χ3v) is 9.50. The Labute approximate surface area is 151 Å². The van der Waals surface area contributed by atoms with Gasteiger partial charge in [0.25, 0.3) is 17.7 Å². The summed E-state index contributed by atoms with van der Waals surface area (Å²) in [5, 5.41) is 2.11. The lowest BCUT2D eigenvalue weighted by atomic mass is 10.1. The molecular weight excluding hydrogens is 368 g/mol.